The topological polar surface area (TPSA) is 45.2 Å². The molecular formula is C23H26FN3OS. The molecule has 6 rings (SSSR count). The van der Waals surface area contributed by atoms with E-state index in [4.69, 9.17) is 0 Å². The lowest BCUT2D eigenvalue weighted by Crippen LogP contribution is -2.39. The van der Waals surface area contributed by atoms with Crippen LogP contribution in [0.15, 0.2) is 24.4 Å². The number of fused-ring (bicyclic) bond motifs is 2. The standard InChI is InChI=1S/C23H26FN3OS/c1-14-12-17(6-7-18(14)24)26-19-13-25-22(23(28)27-8-10-29-11-9-27)21-16-4-2-15(3-5-16)20(19)21/h6-7,12-13,15-16,26H,2-5,8-11H2,1H3. The Labute approximate surface area is 175 Å². The molecule has 2 aromatic rings. The molecule has 2 bridgehead atoms. The van der Waals surface area contributed by atoms with E-state index in [0.717, 1.165) is 48.8 Å². The summed E-state index contributed by atoms with van der Waals surface area (Å²) < 4.78 is 13.7. The Balaban J connectivity index is 1.55. The lowest BCUT2D eigenvalue weighted by molar-refractivity contribution is 0.0763. The van der Waals surface area contributed by atoms with Gasteiger partial charge in [-0.1, -0.05) is 0 Å². The van der Waals surface area contributed by atoms with Crippen LogP contribution < -0.4 is 5.32 Å². The van der Waals surface area contributed by atoms with Crippen LogP contribution in [-0.2, 0) is 0 Å². The van der Waals surface area contributed by atoms with E-state index in [2.05, 4.69) is 10.3 Å². The van der Waals surface area contributed by atoms with Crippen LogP contribution in [0.5, 0.6) is 0 Å². The van der Waals surface area contributed by atoms with Gasteiger partial charge in [0.2, 0.25) is 0 Å². The molecule has 3 aliphatic carbocycles. The first-order chi connectivity index (χ1) is 14.1. The van der Waals surface area contributed by atoms with Gasteiger partial charge in [0.25, 0.3) is 5.91 Å². The molecular weight excluding hydrogens is 385 g/mol. The molecule has 1 aromatic heterocycles. The number of benzene rings is 1. The number of anilines is 2. The Bertz CT molecular complexity index is 949. The van der Waals surface area contributed by atoms with Crippen molar-refractivity contribution >= 4 is 29.0 Å². The zero-order valence-corrected chi connectivity index (χ0v) is 17.5. The summed E-state index contributed by atoms with van der Waals surface area (Å²) in [6, 6.07) is 5.09. The van der Waals surface area contributed by atoms with E-state index in [1.165, 1.54) is 30.0 Å². The van der Waals surface area contributed by atoms with Crippen molar-refractivity contribution in [2.24, 2.45) is 0 Å². The zero-order chi connectivity index (χ0) is 20.0. The predicted molar refractivity (Wildman–Crippen MR) is 116 cm³/mol. The van der Waals surface area contributed by atoms with Gasteiger partial charge < -0.3 is 10.2 Å². The number of hydrogen-bond acceptors (Lipinski definition) is 4. The van der Waals surface area contributed by atoms with Crippen LogP contribution in [0.25, 0.3) is 0 Å². The minimum atomic E-state index is -0.199. The van der Waals surface area contributed by atoms with E-state index in [1.54, 1.807) is 13.0 Å². The molecule has 1 aliphatic heterocycles. The number of halogens is 1. The fourth-order valence-corrected chi connectivity index (χ4v) is 6.03. The Morgan fingerprint density at radius 1 is 1.14 bits per heavy atom. The molecule has 0 radical (unpaired) electrons. The second-order valence-corrected chi connectivity index (χ2v) is 9.61. The van der Waals surface area contributed by atoms with Gasteiger partial charge in [-0.3, -0.25) is 4.79 Å². The molecule has 1 amide bonds. The van der Waals surface area contributed by atoms with Crippen LogP contribution in [-0.4, -0.2) is 40.4 Å². The highest BCUT2D eigenvalue weighted by Crippen LogP contribution is 2.53. The van der Waals surface area contributed by atoms with Crippen LogP contribution in [0.3, 0.4) is 0 Å². The minimum absolute atomic E-state index is 0.0956. The van der Waals surface area contributed by atoms with Crippen molar-refractivity contribution in [2.45, 2.75) is 44.4 Å². The average molecular weight is 412 g/mol. The lowest BCUT2D eigenvalue weighted by atomic mass is 9.66. The molecule has 4 aliphatic rings. The zero-order valence-electron chi connectivity index (χ0n) is 16.7. The van der Waals surface area contributed by atoms with Gasteiger partial charge in [-0.2, -0.15) is 11.8 Å². The fourth-order valence-electron chi connectivity index (χ4n) is 5.13. The molecule has 1 saturated heterocycles. The number of pyridine rings is 1. The first-order valence-electron chi connectivity index (χ1n) is 10.5. The van der Waals surface area contributed by atoms with Gasteiger partial charge >= 0.3 is 0 Å². The first kappa shape index (κ1) is 18.9. The maximum Gasteiger partial charge on any atom is 0.272 e. The summed E-state index contributed by atoms with van der Waals surface area (Å²) in [5.74, 6) is 2.81. The van der Waals surface area contributed by atoms with E-state index in [0.29, 0.717) is 23.1 Å². The fraction of sp³-hybridized carbons (Fsp3) is 0.478. The summed E-state index contributed by atoms with van der Waals surface area (Å²) in [6.45, 7) is 3.39. The van der Waals surface area contributed by atoms with Crippen molar-refractivity contribution in [1.82, 2.24) is 9.88 Å². The normalized spacial score (nSPS) is 23.0. The van der Waals surface area contributed by atoms with Gasteiger partial charge in [0.15, 0.2) is 0 Å². The number of carbonyl (C=O) groups excluding carboxylic acids is 1. The van der Waals surface area contributed by atoms with Gasteiger partial charge in [-0.25, -0.2) is 9.37 Å². The number of carbonyl (C=O) groups is 1. The van der Waals surface area contributed by atoms with Crippen molar-refractivity contribution in [2.75, 3.05) is 29.9 Å². The third-order valence-electron chi connectivity index (χ3n) is 6.64. The molecule has 1 saturated carbocycles. The van der Waals surface area contributed by atoms with Crippen molar-refractivity contribution < 1.29 is 9.18 Å². The summed E-state index contributed by atoms with van der Waals surface area (Å²) in [7, 11) is 0. The number of nitrogens with one attached hydrogen (secondary N) is 1. The van der Waals surface area contributed by atoms with Gasteiger partial charge in [0, 0.05) is 30.3 Å². The van der Waals surface area contributed by atoms with Gasteiger partial charge in [-0.15, -0.1) is 0 Å². The van der Waals surface area contributed by atoms with Crippen LogP contribution in [0, 0.1) is 12.7 Å². The molecule has 2 fully saturated rings. The number of thioether (sulfide) groups is 1. The predicted octanol–water partition coefficient (Wildman–Crippen LogP) is 5.22. The number of rotatable bonds is 3. The molecule has 4 nitrogen and oxygen atoms in total. The monoisotopic (exact) mass is 411 g/mol. The van der Waals surface area contributed by atoms with Crippen LogP contribution in [0.2, 0.25) is 0 Å². The maximum atomic E-state index is 13.7. The minimum Gasteiger partial charge on any atom is -0.354 e. The Hall–Kier alpha value is -2.08. The van der Waals surface area contributed by atoms with Crippen LogP contribution in [0.4, 0.5) is 15.8 Å². The van der Waals surface area contributed by atoms with E-state index in [-0.39, 0.29) is 11.7 Å². The molecule has 29 heavy (non-hydrogen) atoms. The summed E-state index contributed by atoms with van der Waals surface area (Å²) >= 11 is 1.91. The van der Waals surface area contributed by atoms with Crippen molar-refractivity contribution in [3.63, 3.8) is 0 Å². The molecule has 1 aromatic carbocycles. The molecule has 152 valence electrons. The Kier molecular flexibility index (Phi) is 4.98. The summed E-state index contributed by atoms with van der Waals surface area (Å²) in [5, 5.41) is 3.47. The second-order valence-electron chi connectivity index (χ2n) is 8.39. The average Bonchev–Trinajstić information content (AvgIpc) is 2.77. The Morgan fingerprint density at radius 2 is 1.83 bits per heavy atom. The molecule has 1 N–H and O–H groups in total. The van der Waals surface area contributed by atoms with Crippen molar-refractivity contribution in [3.8, 4) is 0 Å². The van der Waals surface area contributed by atoms with Crippen molar-refractivity contribution in [1.29, 1.82) is 0 Å². The second kappa shape index (κ2) is 7.63. The number of amides is 1. The van der Waals surface area contributed by atoms with Crippen molar-refractivity contribution in [3.05, 3.63) is 52.6 Å². The largest absolute Gasteiger partial charge is 0.354 e. The molecule has 0 unspecified atom stereocenters. The summed E-state index contributed by atoms with van der Waals surface area (Å²) in [5.41, 5.74) is 5.58. The highest BCUT2D eigenvalue weighted by molar-refractivity contribution is 7.99. The highest BCUT2D eigenvalue weighted by atomic mass is 32.2. The van der Waals surface area contributed by atoms with Gasteiger partial charge in [-0.05, 0) is 79.3 Å². The summed E-state index contributed by atoms with van der Waals surface area (Å²) in [6.07, 6.45) is 6.47. The Morgan fingerprint density at radius 3 is 2.52 bits per heavy atom. The summed E-state index contributed by atoms with van der Waals surface area (Å²) in [4.78, 5) is 19.9. The van der Waals surface area contributed by atoms with E-state index < -0.39 is 0 Å². The van der Waals surface area contributed by atoms with Crippen LogP contribution in [0.1, 0.15) is 64.7 Å². The van der Waals surface area contributed by atoms with Gasteiger partial charge in [0.05, 0.1) is 11.9 Å². The number of aromatic nitrogens is 1. The number of nitrogens with zero attached hydrogens (tertiary/aromatic N) is 2. The van der Waals surface area contributed by atoms with E-state index >= 15 is 0 Å². The highest BCUT2D eigenvalue weighted by Gasteiger charge is 2.39. The first-order valence-corrected chi connectivity index (χ1v) is 11.7. The molecule has 2 heterocycles. The van der Waals surface area contributed by atoms with Crippen LogP contribution >= 0.6 is 11.8 Å². The quantitative estimate of drug-likeness (QED) is 0.752. The molecule has 0 atom stereocenters. The number of hydrogen-bond donors (Lipinski definition) is 1. The molecule has 0 spiro atoms. The van der Waals surface area contributed by atoms with Gasteiger partial charge in [0.1, 0.15) is 11.5 Å². The SMILES string of the molecule is Cc1cc(Nc2cnc(C(=O)N3CCSCC3)c3c2C2CCC3CC2)ccc1F. The maximum absolute atomic E-state index is 13.7. The smallest absolute Gasteiger partial charge is 0.272 e. The lowest BCUT2D eigenvalue weighted by Gasteiger charge is -2.40. The third kappa shape index (κ3) is 3.41. The third-order valence-corrected chi connectivity index (χ3v) is 7.58. The van der Waals surface area contributed by atoms with E-state index in [9.17, 15) is 9.18 Å². The number of aryl methyl sites for hydroxylation is 1. The van der Waals surface area contributed by atoms with E-state index in [1.807, 2.05) is 28.9 Å². The molecule has 6 heteroatoms.